The molecule has 4 unspecified atom stereocenters. The zero-order valence-electron chi connectivity index (χ0n) is 21.0. The van der Waals surface area contributed by atoms with Gasteiger partial charge in [-0.1, -0.05) is 36.4 Å². The molecule has 3 aliphatic heterocycles. The van der Waals surface area contributed by atoms with E-state index in [4.69, 9.17) is 0 Å². The number of aromatic amines is 1. The number of para-hydroxylation sites is 2. The fourth-order valence-electron chi connectivity index (χ4n) is 6.62. The Balaban J connectivity index is 1.33. The Labute approximate surface area is 223 Å². The van der Waals surface area contributed by atoms with Crippen molar-refractivity contribution in [2.75, 3.05) is 15.5 Å². The van der Waals surface area contributed by atoms with Crippen LogP contribution >= 0.6 is 0 Å². The summed E-state index contributed by atoms with van der Waals surface area (Å²) in [4.78, 5) is 57.8. The van der Waals surface area contributed by atoms with Crippen molar-refractivity contribution in [3.05, 3.63) is 90.1 Å². The van der Waals surface area contributed by atoms with Gasteiger partial charge in [-0.2, -0.15) is 0 Å². The van der Waals surface area contributed by atoms with Gasteiger partial charge in [0, 0.05) is 47.0 Å². The quantitative estimate of drug-likeness (QED) is 0.308. The summed E-state index contributed by atoms with van der Waals surface area (Å²) in [5, 5.41) is 10.2. The third-order valence-corrected chi connectivity index (χ3v) is 8.18. The molecule has 39 heavy (non-hydrogen) atoms. The number of anilines is 3. The first-order chi connectivity index (χ1) is 18.9. The topological polar surface area (TPSA) is 123 Å². The largest absolute Gasteiger partial charge is 0.361 e. The van der Waals surface area contributed by atoms with Gasteiger partial charge in [-0.05, 0) is 48.4 Å². The number of aromatic nitrogens is 1. The molecule has 4 amide bonds. The molecule has 2 fully saturated rings. The van der Waals surface area contributed by atoms with Crippen molar-refractivity contribution >= 4 is 51.6 Å². The fraction of sp³-hybridized carbons (Fsp3) is 0.200. The van der Waals surface area contributed by atoms with Gasteiger partial charge in [0.25, 0.3) is 0 Å². The van der Waals surface area contributed by atoms with Gasteiger partial charge < -0.3 is 15.6 Å². The first-order valence-corrected chi connectivity index (χ1v) is 12.9. The number of carbonyl (C=O) groups excluding carboxylic acids is 4. The van der Waals surface area contributed by atoms with E-state index in [9.17, 15) is 19.2 Å². The van der Waals surface area contributed by atoms with Crippen LogP contribution in [0.4, 0.5) is 17.1 Å². The van der Waals surface area contributed by atoms with Crippen LogP contribution in [-0.4, -0.2) is 34.7 Å². The second-order valence-corrected chi connectivity index (χ2v) is 10.4. The average molecular weight is 520 g/mol. The van der Waals surface area contributed by atoms with Crippen molar-refractivity contribution in [3.8, 4) is 0 Å². The molecule has 3 aromatic carbocycles. The minimum absolute atomic E-state index is 0.218. The number of H-pyrrole nitrogens is 1. The lowest BCUT2D eigenvalue weighted by Crippen LogP contribution is -2.53. The number of amides is 4. The van der Waals surface area contributed by atoms with Gasteiger partial charge in [-0.25, -0.2) is 4.90 Å². The number of carbonyl (C=O) groups is 4. The molecule has 7 rings (SSSR count). The lowest BCUT2D eigenvalue weighted by atomic mass is 9.76. The minimum Gasteiger partial charge on any atom is -0.361 e. The van der Waals surface area contributed by atoms with Crippen LogP contribution in [0.25, 0.3) is 10.9 Å². The summed E-state index contributed by atoms with van der Waals surface area (Å²) in [5.41, 5.74) is 2.90. The number of nitrogens with zero attached hydrogens (tertiary/aromatic N) is 1. The minimum atomic E-state index is -1.37. The molecule has 9 nitrogen and oxygen atoms in total. The Bertz CT molecular complexity index is 1690. The summed E-state index contributed by atoms with van der Waals surface area (Å²) < 4.78 is 0. The standard InChI is InChI=1S/C30H25N5O4/c1-16(36)32-18-10-12-19(13-11-18)35-27(37)25-24(14-17-15-31-22-8-4-2-6-20(17)22)34-30(26(25)28(35)38)21-7-3-5-9-23(21)33-29(30)39/h2-13,15,24-26,31,34H,14H2,1H3,(H,32,36)(H,33,39). The van der Waals surface area contributed by atoms with Crippen LogP contribution in [0.2, 0.25) is 0 Å². The molecular formula is C30H25N5O4. The number of nitrogens with one attached hydrogen (secondary N) is 4. The SMILES string of the molecule is CC(=O)Nc1ccc(N2C(=O)C3C(Cc4c[nH]c5ccccc45)NC4(C(=O)Nc5ccccc54)C3C2=O)cc1. The van der Waals surface area contributed by atoms with E-state index in [1.165, 1.54) is 11.8 Å². The van der Waals surface area contributed by atoms with Crippen molar-refractivity contribution in [1.82, 2.24) is 10.3 Å². The molecule has 9 heteroatoms. The van der Waals surface area contributed by atoms with E-state index in [1.807, 2.05) is 54.7 Å². The number of hydrogen-bond donors (Lipinski definition) is 4. The molecule has 4 N–H and O–H groups in total. The fourth-order valence-corrected chi connectivity index (χ4v) is 6.62. The van der Waals surface area contributed by atoms with Crippen molar-refractivity contribution < 1.29 is 19.2 Å². The van der Waals surface area contributed by atoms with Crippen LogP contribution < -0.4 is 20.9 Å². The highest BCUT2D eigenvalue weighted by Crippen LogP contribution is 2.54. The van der Waals surface area contributed by atoms with Gasteiger partial charge in [0.2, 0.25) is 23.6 Å². The highest BCUT2D eigenvalue weighted by molar-refractivity contribution is 6.26. The van der Waals surface area contributed by atoms with Crippen LogP contribution in [0.15, 0.2) is 79.0 Å². The summed E-state index contributed by atoms with van der Waals surface area (Å²) in [6, 6.07) is 21.4. The molecule has 194 valence electrons. The molecule has 4 atom stereocenters. The van der Waals surface area contributed by atoms with Gasteiger partial charge in [-0.3, -0.25) is 24.5 Å². The van der Waals surface area contributed by atoms with E-state index in [1.54, 1.807) is 24.3 Å². The Hall–Kier alpha value is -4.76. The molecular weight excluding hydrogens is 494 g/mol. The van der Waals surface area contributed by atoms with Crippen molar-refractivity contribution in [3.63, 3.8) is 0 Å². The van der Waals surface area contributed by atoms with Gasteiger partial charge in [0.15, 0.2) is 0 Å². The lowest BCUT2D eigenvalue weighted by Gasteiger charge is -2.29. The molecule has 3 aliphatic rings. The zero-order valence-corrected chi connectivity index (χ0v) is 21.0. The molecule has 1 aromatic heterocycles. The summed E-state index contributed by atoms with van der Waals surface area (Å²) >= 11 is 0. The molecule has 0 aliphatic carbocycles. The maximum atomic E-state index is 14.1. The van der Waals surface area contributed by atoms with Crippen molar-refractivity contribution in [2.45, 2.75) is 24.9 Å². The highest BCUT2D eigenvalue weighted by Gasteiger charge is 2.70. The lowest BCUT2D eigenvalue weighted by molar-refractivity contribution is -0.130. The van der Waals surface area contributed by atoms with E-state index in [-0.39, 0.29) is 17.7 Å². The first kappa shape index (κ1) is 23.4. The highest BCUT2D eigenvalue weighted by atomic mass is 16.2. The van der Waals surface area contributed by atoms with Crippen LogP contribution in [0, 0.1) is 11.8 Å². The molecule has 4 heterocycles. The predicted octanol–water partition coefficient (Wildman–Crippen LogP) is 3.29. The second kappa shape index (κ2) is 8.37. The van der Waals surface area contributed by atoms with Gasteiger partial charge in [0.05, 0.1) is 17.5 Å². The second-order valence-electron chi connectivity index (χ2n) is 10.4. The number of fused-ring (bicyclic) bond motifs is 5. The Morgan fingerprint density at radius 1 is 0.949 bits per heavy atom. The molecule has 0 bridgehead atoms. The van der Waals surface area contributed by atoms with Gasteiger partial charge >= 0.3 is 0 Å². The van der Waals surface area contributed by atoms with E-state index in [2.05, 4.69) is 20.9 Å². The number of rotatable bonds is 4. The van der Waals surface area contributed by atoms with Crippen LogP contribution in [0.3, 0.4) is 0 Å². The monoisotopic (exact) mass is 519 g/mol. The molecule has 1 spiro atoms. The van der Waals surface area contributed by atoms with E-state index in [0.717, 1.165) is 16.5 Å². The summed E-state index contributed by atoms with van der Waals surface area (Å²) in [6.45, 7) is 1.41. The summed E-state index contributed by atoms with van der Waals surface area (Å²) in [6.07, 6.45) is 2.38. The number of imide groups is 1. The number of benzene rings is 3. The van der Waals surface area contributed by atoms with Crippen LogP contribution in [-0.2, 0) is 31.1 Å². The van der Waals surface area contributed by atoms with Crippen LogP contribution in [0.5, 0.6) is 0 Å². The maximum Gasteiger partial charge on any atom is 0.250 e. The molecule has 0 saturated carbocycles. The van der Waals surface area contributed by atoms with E-state index >= 15 is 0 Å². The Kier molecular flexibility index (Phi) is 5.02. The third kappa shape index (κ3) is 3.29. The van der Waals surface area contributed by atoms with E-state index < -0.39 is 29.3 Å². The van der Waals surface area contributed by atoms with Gasteiger partial charge in [-0.15, -0.1) is 0 Å². The van der Waals surface area contributed by atoms with Crippen molar-refractivity contribution in [2.24, 2.45) is 11.8 Å². The Morgan fingerprint density at radius 3 is 2.49 bits per heavy atom. The molecule has 0 radical (unpaired) electrons. The van der Waals surface area contributed by atoms with Crippen molar-refractivity contribution in [1.29, 1.82) is 0 Å². The maximum absolute atomic E-state index is 14.1. The van der Waals surface area contributed by atoms with Crippen LogP contribution in [0.1, 0.15) is 18.1 Å². The predicted molar refractivity (Wildman–Crippen MR) is 146 cm³/mol. The first-order valence-electron chi connectivity index (χ1n) is 12.9. The van der Waals surface area contributed by atoms with Gasteiger partial charge in [0.1, 0.15) is 5.54 Å². The summed E-state index contributed by atoms with van der Waals surface area (Å²) in [7, 11) is 0. The molecule has 2 saturated heterocycles. The average Bonchev–Trinajstić information content (AvgIpc) is 3.63. The smallest absolute Gasteiger partial charge is 0.250 e. The summed E-state index contributed by atoms with van der Waals surface area (Å²) in [5.74, 6) is -2.98. The number of hydrogen-bond acceptors (Lipinski definition) is 5. The molecule has 4 aromatic rings. The normalized spacial score (nSPS) is 25.3. The third-order valence-electron chi connectivity index (χ3n) is 8.18. The zero-order chi connectivity index (χ0) is 26.9. The Morgan fingerprint density at radius 2 is 1.69 bits per heavy atom. The van der Waals surface area contributed by atoms with E-state index in [0.29, 0.717) is 29.0 Å².